The largest absolute Gasteiger partial charge is 0.452 e. The van der Waals surface area contributed by atoms with Crippen molar-refractivity contribution in [2.24, 2.45) is 0 Å². The second-order valence-corrected chi connectivity index (χ2v) is 7.49. The predicted molar refractivity (Wildman–Crippen MR) is 122 cm³/mol. The Morgan fingerprint density at radius 2 is 1.48 bits per heavy atom. The highest BCUT2D eigenvalue weighted by Gasteiger charge is 2.16. The van der Waals surface area contributed by atoms with Crippen molar-refractivity contribution in [3.63, 3.8) is 0 Å². The monoisotopic (exact) mass is 434 g/mol. The summed E-state index contributed by atoms with van der Waals surface area (Å²) in [5, 5.41) is 5.41. The summed E-state index contributed by atoms with van der Waals surface area (Å²) >= 11 is 1.60. The molecule has 2 amide bonds. The molecule has 2 N–H and O–H groups in total. The van der Waals surface area contributed by atoms with Crippen molar-refractivity contribution in [1.29, 1.82) is 0 Å². The van der Waals surface area contributed by atoms with Crippen LogP contribution in [0, 0.1) is 0 Å². The molecule has 6 nitrogen and oxygen atoms in total. The van der Waals surface area contributed by atoms with Gasteiger partial charge in [0.1, 0.15) is 0 Å². The topological polar surface area (TPSA) is 84.5 Å². The fourth-order valence-electron chi connectivity index (χ4n) is 2.83. The van der Waals surface area contributed by atoms with Crippen molar-refractivity contribution in [3.8, 4) is 0 Å². The summed E-state index contributed by atoms with van der Waals surface area (Å²) in [6.07, 6.45) is 2.15. The van der Waals surface area contributed by atoms with Gasteiger partial charge in [-0.25, -0.2) is 4.79 Å². The number of ether oxygens (including phenoxy) is 1. The molecule has 0 spiro atoms. The highest BCUT2D eigenvalue weighted by atomic mass is 32.2. The van der Waals surface area contributed by atoms with E-state index in [2.05, 4.69) is 10.6 Å². The maximum Gasteiger partial charge on any atom is 0.340 e. The minimum atomic E-state index is -0.691. The number of hydrogen-bond donors (Lipinski definition) is 2. The van der Waals surface area contributed by atoms with E-state index < -0.39 is 18.5 Å². The number of hydrogen-bond acceptors (Lipinski definition) is 5. The molecule has 3 aromatic rings. The van der Waals surface area contributed by atoms with Gasteiger partial charge in [-0.1, -0.05) is 42.5 Å². The van der Waals surface area contributed by atoms with Crippen LogP contribution in [-0.2, 0) is 20.7 Å². The van der Waals surface area contributed by atoms with Gasteiger partial charge in [0.05, 0.1) is 17.7 Å². The lowest BCUT2D eigenvalue weighted by molar-refractivity contribution is -0.119. The van der Waals surface area contributed by atoms with Gasteiger partial charge < -0.3 is 15.4 Å². The van der Waals surface area contributed by atoms with Crippen LogP contribution < -0.4 is 10.6 Å². The van der Waals surface area contributed by atoms with E-state index in [1.807, 2.05) is 48.7 Å². The highest BCUT2D eigenvalue weighted by molar-refractivity contribution is 7.98. The van der Waals surface area contributed by atoms with Crippen molar-refractivity contribution in [3.05, 3.63) is 90.0 Å². The zero-order valence-corrected chi connectivity index (χ0v) is 17.8. The number of esters is 1. The van der Waals surface area contributed by atoms with Crippen LogP contribution in [0.2, 0.25) is 0 Å². The zero-order chi connectivity index (χ0) is 22.1. The lowest BCUT2D eigenvalue weighted by Crippen LogP contribution is -2.22. The molecular weight excluding hydrogens is 412 g/mol. The van der Waals surface area contributed by atoms with Gasteiger partial charge in [0.25, 0.3) is 5.91 Å². The molecule has 0 aliphatic carbocycles. The molecule has 0 saturated heterocycles. The number of nitrogens with one attached hydrogen (secondary N) is 2. The molecule has 3 aromatic carbocycles. The van der Waals surface area contributed by atoms with Gasteiger partial charge in [0.15, 0.2) is 6.61 Å². The standard InChI is InChI=1S/C24H22N2O4S/c1-31-19-13-11-18(12-14-19)25-23(28)16-30-24(29)20-9-5-6-10-21(20)26-22(27)15-17-7-3-2-4-8-17/h2-14H,15-16H2,1H3,(H,25,28)(H,26,27). The SMILES string of the molecule is CSc1ccc(NC(=O)COC(=O)c2ccccc2NC(=O)Cc2ccccc2)cc1. The first-order valence-electron chi connectivity index (χ1n) is 9.59. The zero-order valence-electron chi connectivity index (χ0n) is 17.0. The molecule has 0 radical (unpaired) electrons. The number of amides is 2. The van der Waals surface area contributed by atoms with Crippen molar-refractivity contribution in [2.45, 2.75) is 11.3 Å². The normalized spacial score (nSPS) is 10.2. The predicted octanol–water partition coefficient (Wildman–Crippen LogP) is 4.39. The molecule has 0 fully saturated rings. The molecular formula is C24H22N2O4S. The molecule has 3 rings (SSSR count). The second kappa shape index (κ2) is 11.0. The Labute approximate surface area is 185 Å². The summed E-state index contributed by atoms with van der Waals surface area (Å²) in [7, 11) is 0. The number of carbonyl (C=O) groups excluding carboxylic acids is 3. The molecule has 0 heterocycles. The number of carbonyl (C=O) groups is 3. The van der Waals surface area contributed by atoms with E-state index in [1.54, 1.807) is 48.2 Å². The van der Waals surface area contributed by atoms with Crippen molar-refractivity contribution < 1.29 is 19.1 Å². The summed E-state index contributed by atoms with van der Waals surface area (Å²) in [6, 6.07) is 23.2. The third-order valence-corrected chi connectivity index (χ3v) is 5.08. The van der Waals surface area contributed by atoms with Crippen LogP contribution in [0.3, 0.4) is 0 Å². The number of para-hydroxylation sites is 1. The molecule has 31 heavy (non-hydrogen) atoms. The molecule has 0 saturated carbocycles. The fourth-order valence-corrected chi connectivity index (χ4v) is 3.23. The quantitative estimate of drug-likeness (QED) is 0.406. The van der Waals surface area contributed by atoms with Gasteiger partial charge in [-0.15, -0.1) is 11.8 Å². The average molecular weight is 435 g/mol. The van der Waals surface area contributed by atoms with Crippen LogP contribution >= 0.6 is 11.8 Å². The lowest BCUT2D eigenvalue weighted by atomic mass is 10.1. The molecule has 0 aliphatic heterocycles. The smallest absolute Gasteiger partial charge is 0.340 e. The van der Waals surface area contributed by atoms with Gasteiger partial charge in [0.2, 0.25) is 5.91 Å². The van der Waals surface area contributed by atoms with Crippen molar-refractivity contribution >= 4 is 40.9 Å². The van der Waals surface area contributed by atoms with E-state index in [-0.39, 0.29) is 17.9 Å². The van der Waals surface area contributed by atoms with Crippen LogP contribution in [0.5, 0.6) is 0 Å². The molecule has 0 atom stereocenters. The minimum Gasteiger partial charge on any atom is -0.452 e. The first kappa shape index (κ1) is 22.1. The maximum absolute atomic E-state index is 12.5. The average Bonchev–Trinajstić information content (AvgIpc) is 2.79. The number of benzene rings is 3. The minimum absolute atomic E-state index is 0.182. The Kier molecular flexibility index (Phi) is 7.84. The molecule has 0 aliphatic rings. The lowest BCUT2D eigenvalue weighted by Gasteiger charge is -2.11. The van der Waals surface area contributed by atoms with Gasteiger partial charge >= 0.3 is 5.97 Å². The maximum atomic E-state index is 12.5. The van der Waals surface area contributed by atoms with E-state index in [4.69, 9.17) is 4.74 Å². The van der Waals surface area contributed by atoms with E-state index in [9.17, 15) is 14.4 Å². The Morgan fingerprint density at radius 3 is 2.19 bits per heavy atom. The third-order valence-electron chi connectivity index (χ3n) is 4.34. The molecule has 0 aromatic heterocycles. The Hall–Kier alpha value is -3.58. The van der Waals surface area contributed by atoms with Crippen molar-refractivity contribution in [1.82, 2.24) is 0 Å². The highest BCUT2D eigenvalue weighted by Crippen LogP contribution is 2.18. The van der Waals surface area contributed by atoms with Gasteiger partial charge in [-0.3, -0.25) is 9.59 Å². The number of anilines is 2. The summed E-state index contributed by atoms with van der Waals surface area (Å²) in [5.41, 5.74) is 2.00. The van der Waals surface area contributed by atoms with Crippen LogP contribution in [0.25, 0.3) is 0 Å². The van der Waals surface area contributed by atoms with E-state index in [0.29, 0.717) is 11.4 Å². The summed E-state index contributed by atoms with van der Waals surface area (Å²) < 4.78 is 5.14. The Morgan fingerprint density at radius 1 is 0.806 bits per heavy atom. The summed E-state index contributed by atoms with van der Waals surface area (Å²) in [4.78, 5) is 38.0. The molecule has 158 valence electrons. The third kappa shape index (κ3) is 6.72. The van der Waals surface area contributed by atoms with E-state index in [1.165, 1.54) is 0 Å². The van der Waals surface area contributed by atoms with Gasteiger partial charge in [-0.05, 0) is 48.2 Å². The molecule has 0 unspecified atom stereocenters. The van der Waals surface area contributed by atoms with Crippen molar-refractivity contribution in [2.75, 3.05) is 23.5 Å². The molecule has 7 heteroatoms. The summed E-state index contributed by atoms with van der Waals surface area (Å²) in [5.74, 6) is -1.39. The van der Waals surface area contributed by atoms with Gasteiger partial charge in [-0.2, -0.15) is 0 Å². The van der Waals surface area contributed by atoms with Crippen LogP contribution in [0.4, 0.5) is 11.4 Å². The number of rotatable bonds is 8. The number of thioether (sulfide) groups is 1. The van der Waals surface area contributed by atoms with Crippen LogP contribution in [-0.4, -0.2) is 30.6 Å². The van der Waals surface area contributed by atoms with E-state index in [0.717, 1.165) is 10.5 Å². The fraction of sp³-hybridized carbons (Fsp3) is 0.125. The molecule has 0 bridgehead atoms. The van der Waals surface area contributed by atoms with Crippen LogP contribution in [0.1, 0.15) is 15.9 Å². The summed E-state index contributed by atoms with van der Waals surface area (Å²) in [6.45, 7) is -0.435. The first-order valence-corrected chi connectivity index (χ1v) is 10.8. The Bertz CT molecular complexity index is 1050. The van der Waals surface area contributed by atoms with Gasteiger partial charge in [0, 0.05) is 10.6 Å². The van der Waals surface area contributed by atoms with E-state index >= 15 is 0 Å². The first-order chi connectivity index (χ1) is 15.0. The van der Waals surface area contributed by atoms with Crippen LogP contribution in [0.15, 0.2) is 83.8 Å². The second-order valence-electron chi connectivity index (χ2n) is 6.61. The Balaban J connectivity index is 1.56.